The van der Waals surface area contributed by atoms with Gasteiger partial charge in [0, 0.05) is 0 Å². The zero-order chi connectivity index (χ0) is 14.9. The summed E-state index contributed by atoms with van der Waals surface area (Å²) in [5.41, 5.74) is 1.09. The van der Waals surface area contributed by atoms with Gasteiger partial charge in [-0.2, -0.15) is 5.10 Å². The van der Waals surface area contributed by atoms with Crippen LogP contribution in [0.15, 0.2) is 4.79 Å². The molecular weight excluding hydrogens is 278 g/mol. The lowest BCUT2D eigenvalue weighted by Crippen LogP contribution is -2.28. The van der Waals surface area contributed by atoms with Crippen LogP contribution in [0.5, 0.6) is 0 Å². The molecule has 2 rings (SSSR count). The van der Waals surface area contributed by atoms with Gasteiger partial charge in [0.05, 0.1) is 17.3 Å². The molecule has 0 radical (unpaired) electrons. The number of aromatic nitrogens is 3. The highest BCUT2D eigenvalue weighted by molar-refractivity contribution is 7.18. The summed E-state index contributed by atoms with van der Waals surface area (Å²) in [6.07, 6.45) is 0. The Morgan fingerprint density at radius 3 is 2.75 bits per heavy atom. The Balaban J connectivity index is 2.58. The van der Waals surface area contributed by atoms with E-state index in [1.807, 2.05) is 20.8 Å². The molecule has 0 atom stereocenters. The molecule has 0 aliphatic rings. The molecule has 0 unspecified atom stereocenters. The van der Waals surface area contributed by atoms with E-state index in [1.165, 1.54) is 16.0 Å². The highest BCUT2D eigenvalue weighted by Gasteiger charge is 2.18. The third kappa shape index (κ3) is 2.72. The Bertz CT molecular complexity index is 703. The average molecular weight is 295 g/mol. The minimum Gasteiger partial charge on any atom is -0.465 e. The number of ether oxygens (including phenoxy) is 1. The fourth-order valence-corrected chi connectivity index (χ4v) is 2.78. The molecule has 0 saturated heterocycles. The summed E-state index contributed by atoms with van der Waals surface area (Å²) in [5, 5.41) is 5.10. The van der Waals surface area contributed by atoms with E-state index in [-0.39, 0.29) is 24.6 Å². The first-order chi connectivity index (χ1) is 9.43. The van der Waals surface area contributed by atoms with Crippen LogP contribution in [0, 0.1) is 6.92 Å². The van der Waals surface area contributed by atoms with Crippen LogP contribution < -0.4 is 5.56 Å². The molecule has 7 heteroatoms. The van der Waals surface area contributed by atoms with Crippen LogP contribution in [0.1, 0.15) is 37.4 Å². The van der Waals surface area contributed by atoms with Crippen LogP contribution in [-0.4, -0.2) is 27.3 Å². The first-order valence-corrected chi connectivity index (χ1v) is 7.29. The van der Waals surface area contributed by atoms with E-state index in [1.54, 1.807) is 6.92 Å². The largest absolute Gasteiger partial charge is 0.465 e. The Hall–Kier alpha value is -1.76. The maximum absolute atomic E-state index is 12.3. The minimum atomic E-state index is -0.461. The van der Waals surface area contributed by atoms with E-state index in [0.29, 0.717) is 10.2 Å². The summed E-state index contributed by atoms with van der Waals surface area (Å²) in [5.74, 6) is -0.342. The number of esters is 1. The van der Waals surface area contributed by atoms with Crippen LogP contribution in [0.2, 0.25) is 0 Å². The Morgan fingerprint density at radius 1 is 1.45 bits per heavy atom. The molecule has 0 fully saturated rings. The molecule has 108 valence electrons. The van der Waals surface area contributed by atoms with Gasteiger partial charge >= 0.3 is 5.97 Å². The van der Waals surface area contributed by atoms with Gasteiger partial charge in [0.2, 0.25) is 0 Å². The second kappa shape index (κ2) is 5.70. The summed E-state index contributed by atoms with van der Waals surface area (Å²) in [6, 6.07) is 0. The van der Waals surface area contributed by atoms with Gasteiger partial charge < -0.3 is 4.74 Å². The molecule has 0 amide bonds. The Kier molecular flexibility index (Phi) is 4.17. The van der Waals surface area contributed by atoms with E-state index >= 15 is 0 Å². The highest BCUT2D eigenvalue weighted by atomic mass is 32.1. The number of carbonyl (C=O) groups is 1. The number of nitrogens with zero attached hydrogens (tertiary/aromatic N) is 3. The van der Waals surface area contributed by atoms with Crippen molar-refractivity contribution in [2.24, 2.45) is 0 Å². The van der Waals surface area contributed by atoms with Crippen LogP contribution in [-0.2, 0) is 16.1 Å². The fourth-order valence-electron chi connectivity index (χ4n) is 1.91. The van der Waals surface area contributed by atoms with Crippen molar-refractivity contribution in [1.29, 1.82) is 0 Å². The quantitative estimate of drug-likeness (QED) is 0.805. The second-order valence-electron chi connectivity index (χ2n) is 4.72. The van der Waals surface area contributed by atoms with Crippen molar-refractivity contribution in [3.63, 3.8) is 0 Å². The molecule has 0 saturated carbocycles. The molecule has 6 nitrogen and oxygen atoms in total. The minimum absolute atomic E-state index is 0.119. The zero-order valence-electron chi connectivity index (χ0n) is 12.0. The summed E-state index contributed by atoms with van der Waals surface area (Å²) >= 11 is 1.33. The van der Waals surface area contributed by atoms with Gasteiger partial charge in [-0.1, -0.05) is 13.8 Å². The van der Waals surface area contributed by atoms with Gasteiger partial charge in [0.25, 0.3) is 5.56 Å². The van der Waals surface area contributed by atoms with Gasteiger partial charge in [-0.05, 0) is 19.8 Å². The van der Waals surface area contributed by atoms with Gasteiger partial charge in [-0.15, -0.1) is 11.3 Å². The van der Waals surface area contributed by atoms with Crippen LogP contribution in [0.4, 0.5) is 0 Å². The third-order valence-corrected chi connectivity index (χ3v) is 3.72. The molecule has 20 heavy (non-hydrogen) atoms. The summed E-state index contributed by atoms with van der Waals surface area (Å²) in [7, 11) is 0. The van der Waals surface area contributed by atoms with Crippen molar-refractivity contribution in [3.8, 4) is 0 Å². The molecular formula is C13H17N3O3S. The number of thiazole rings is 1. The van der Waals surface area contributed by atoms with E-state index < -0.39 is 5.97 Å². The van der Waals surface area contributed by atoms with Crippen molar-refractivity contribution in [3.05, 3.63) is 21.1 Å². The number of hydrogen-bond acceptors (Lipinski definition) is 6. The topological polar surface area (TPSA) is 74.1 Å². The molecule has 0 spiro atoms. The van der Waals surface area contributed by atoms with Crippen molar-refractivity contribution in [1.82, 2.24) is 14.8 Å². The SMILES string of the molecule is CCOC(=O)Cn1nc(C(C)C)c2nc(C)sc2c1=O. The Labute approximate surface area is 120 Å². The summed E-state index contributed by atoms with van der Waals surface area (Å²) in [4.78, 5) is 28.3. The molecule has 0 bridgehead atoms. The fraction of sp³-hybridized carbons (Fsp3) is 0.538. The lowest BCUT2D eigenvalue weighted by atomic mass is 10.1. The number of fused-ring (bicyclic) bond motifs is 1. The monoisotopic (exact) mass is 295 g/mol. The van der Waals surface area contributed by atoms with Crippen molar-refractivity contribution in [2.75, 3.05) is 6.61 Å². The first kappa shape index (κ1) is 14.6. The number of rotatable bonds is 4. The van der Waals surface area contributed by atoms with Gasteiger partial charge in [-0.25, -0.2) is 9.67 Å². The number of carbonyl (C=O) groups excluding carboxylic acids is 1. The van der Waals surface area contributed by atoms with Crippen molar-refractivity contribution >= 4 is 27.5 Å². The maximum atomic E-state index is 12.3. The predicted molar refractivity (Wildman–Crippen MR) is 77.1 cm³/mol. The third-order valence-electron chi connectivity index (χ3n) is 2.76. The van der Waals surface area contributed by atoms with Crippen LogP contribution in [0.25, 0.3) is 10.2 Å². The van der Waals surface area contributed by atoms with Crippen molar-refractivity contribution in [2.45, 2.75) is 40.2 Å². The summed E-state index contributed by atoms with van der Waals surface area (Å²) in [6.45, 7) is 7.66. The maximum Gasteiger partial charge on any atom is 0.327 e. The lowest BCUT2D eigenvalue weighted by Gasteiger charge is -2.09. The first-order valence-electron chi connectivity index (χ1n) is 6.47. The number of hydrogen-bond donors (Lipinski definition) is 0. The molecule has 0 aliphatic carbocycles. The van der Waals surface area contributed by atoms with Gasteiger partial charge in [-0.3, -0.25) is 9.59 Å². The summed E-state index contributed by atoms with van der Waals surface area (Å²) < 4.78 is 6.59. The lowest BCUT2D eigenvalue weighted by molar-refractivity contribution is -0.144. The Morgan fingerprint density at radius 2 is 2.15 bits per heavy atom. The van der Waals surface area contributed by atoms with E-state index in [4.69, 9.17) is 4.74 Å². The second-order valence-corrected chi connectivity index (χ2v) is 5.92. The molecule has 0 aliphatic heterocycles. The zero-order valence-corrected chi connectivity index (χ0v) is 12.8. The molecule has 2 aromatic rings. The van der Waals surface area contributed by atoms with Crippen LogP contribution >= 0.6 is 11.3 Å². The standard InChI is InChI=1S/C13H17N3O3S/c1-5-19-9(17)6-16-13(18)12-11(14-8(4)20-12)10(15-16)7(2)3/h7H,5-6H2,1-4H3. The predicted octanol–water partition coefficient (Wildman–Crippen LogP) is 1.85. The molecule has 2 heterocycles. The smallest absolute Gasteiger partial charge is 0.327 e. The van der Waals surface area contributed by atoms with E-state index in [2.05, 4.69) is 10.1 Å². The average Bonchev–Trinajstić information content (AvgIpc) is 2.74. The van der Waals surface area contributed by atoms with Crippen LogP contribution in [0.3, 0.4) is 0 Å². The van der Waals surface area contributed by atoms with Crippen molar-refractivity contribution < 1.29 is 9.53 Å². The van der Waals surface area contributed by atoms with E-state index in [0.717, 1.165) is 10.7 Å². The van der Waals surface area contributed by atoms with Gasteiger partial charge in [0.1, 0.15) is 16.8 Å². The van der Waals surface area contributed by atoms with E-state index in [9.17, 15) is 9.59 Å². The molecule has 0 aromatic carbocycles. The number of aryl methyl sites for hydroxylation is 1. The molecule has 2 aromatic heterocycles. The van der Waals surface area contributed by atoms with Gasteiger partial charge in [0.15, 0.2) is 0 Å². The molecule has 0 N–H and O–H groups in total. The highest BCUT2D eigenvalue weighted by Crippen LogP contribution is 2.24. The normalized spacial score (nSPS) is 11.2.